The van der Waals surface area contributed by atoms with E-state index in [1.807, 2.05) is 0 Å². The Balaban J connectivity index is 4.48. The van der Waals surface area contributed by atoms with Crippen LogP contribution in [0.5, 0.6) is 0 Å². The molecule has 1 amide bonds. The first-order valence-electron chi connectivity index (χ1n) is 6.94. The van der Waals surface area contributed by atoms with E-state index >= 15 is 0 Å². The normalized spacial score (nSPS) is 12.0. The summed E-state index contributed by atoms with van der Waals surface area (Å²) in [5.41, 5.74) is -0.354. The third-order valence-corrected chi connectivity index (χ3v) is 2.62. The van der Waals surface area contributed by atoms with Crippen LogP contribution in [-0.2, 0) is 23.8 Å². The molecule has 0 unspecified atom stereocenters. The largest absolute Gasteiger partial charge is 0.467 e. The SMILES string of the molecule is C=C(CCC[C@@H](NC(=O)OC(C)(C)C)C(=O)OC)C(=O)OC. The van der Waals surface area contributed by atoms with E-state index in [4.69, 9.17) is 4.74 Å². The number of carbonyl (C=O) groups is 3. The molecule has 0 aromatic heterocycles. The summed E-state index contributed by atoms with van der Waals surface area (Å²) in [7, 11) is 2.51. The van der Waals surface area contributed by atoms with Crippen molar-refractivity contribution in [2.75, 3.05) is 14.2 Å². The number of hydrogen-bond acceptors (Lipinski definition) is 6. The highest BCUT2D eigenvalue weighted by atomic mass is 16.6. The molecular formula is C15H25NO6. The number of carbonyl (C=O) groups excluding carboxylic acids is 3. The monoisotopic (exact) mass is 315 g/mol. The third-order valence-electron chi connectivity index (χ3n) is 2.62. The van der Waals surface area contributed by atoms with Gasteiger partial charge in [0.05, 0.1) is 14.2 Å². The van der Waals surface area contributed by atoms with E-state index in [9.17, 15) is 14.4 Å². The van der Waals surface area contributed by atoms with Crippen molar-refractivity contribution in [2.24, 2.45) is 0 Å². The lowest BCUT2D eigenvalue weighted by atomic mass is 10.1. The quantitative estimate of drug-likeness (QED) is 0.439. The van der Waals surface area contributed by atoms with Gasteiger partial charge in [-0.25, -0.2) is 14.4 Å². The molecule has 0 bridgehead atoms. The Bertz CT molecular complexity index is 424. The van der Waals surface area contributed by atoms with Crippen molar-refractivity contribution >= 4 is 18.0 Å². The van der Waals surface area contributed by atoms with E-state index in [-0.39, 0.29) is 0 Å². The predicted octanol–water partition coefficient (Wildman–Crippen LogP) is 1.95. The Morgan fingerprint density at radius 2 is 1.73 bits per heavy atom. The number of methoxy groups -OCH3 is 2. The lowest BCUT2D eigenvalue weighted by Gasteiger charge is -2.22. The van der Waals surface area contributed by atoms with Crippen LogP contribution >= 0.6 is 0 Å². The number of rotatable bonds is 7. The van der Waals surface area contributed by atoms with Gasteiger partial charge < -0.3 is 19.5 Å². The molecule has 22 heavy (non-hydrogen) atoms. The molecular weight excluding hydrogens is 290 g/mol. The van der Waals surface area contributed by atoms with Crippen LogP contribution in [-0.4, -0.2) is 43.9 Å². The fraction of sp³-hybridized carbons (Fsp3) is 0.667. The topological polar surface area (TPSA) is 90.9 Å². The van der Waals surface area contributed by atoms with Crippen LogP contribution in [0.2, 0.25) is 0 Å². The molecule has 0 saturated heterocycles. The average Bonchev–Trinajstić information content (AvgIpc) is 2.42. The van der Waals surface area contributed by atoms with Gasteiger partial charge in [-0.2, -0.15) is 0 Å². The molecule has 0 aromatic carbocycles. The maximum atomic E-state index is 11.7. The highest BCUT2D eigenvalue weighted by molar-refractivity contribution is 5.87. The first-order chi connectivity index (χ1) is 10.1. The Kier molecular flexibility index (Phi) is 8.22. The van der Waals surface area contributed by atoms with Gasteiger partial charge >= 0.3 is 18.0 Å². The van der Waals surface area contributed by atoms with E-state index in [2.05, 4.69) is 21.4 Å². The third kappa shape index (κ3) is 8.28. The van der Waals surface area contributed by atoms with Gasteiger partial charge in [-0.1, -0.05) is 6.58 Å². The molecule has 1 N–H and O–H groups in total. The second-order valence-corrected chi connectivity index (χ2v) is 5.71. The maximum Gasteiger partial charge on any atom is 0.408 e. The predicted molar refractivity (Wildman–Crippen MR) is 80.2 cm³/mol. The second kappa shape index (κ2) is 9.07. The van der Waals surface area contributed by atoms with Crippen LogP contribution in [0.3, 0.4) is 0 Å². The Labute approximate surface area is 131 Å². The summed E-state index contributed by atoms with van der Waals surface area (Å²) in [6.45, 7) is 8.76. The van der Waals surface area contributed by atoms with Crippen molar-refractivity contribution < 1.29 is 28.6 Å². The zero-order valence-electron chi connectivity index (χ0n) is 13.9. The van der Waals surface area contributed by atoms with Crippen molar-refractivity contribution in [3.8, 4) is 0 Å². The summed E-state index contributed by atoms with van der Waals surface area (Å²) in [6, 6.07) is -0.842. The van der Waals surface area contributed by atoms with E-state index in [0.29, 0.717) is 24.8 Å². The maximum absolute atomic E-state index is 11.7. The van der Waals surface area contributed by atoms with Crippen molar-refractivity contribution in [3.63, 3.8) is 0 Å². The summed E-state index contributed by atoms with van der Waals surface area (Å²) in [5.74, 6) is -1.07. The van der Waals surface area contributed by atoms with Gasteiger partial charge in [0.1, 0.15) is 11.6 Å². The molecule has 7 nitrogen and oxygen atoms in total. The molecule has 0 aromatic rings. The molecule has 0 fully saturated rings. The molecule has 0 aliphatic rings. The molecule has 0 saturated carbocycles. The van der Waals surface area contributed by atoms with Crippen LogP contribution < -0.4 is 5.32 Å². The minimum absolute atomic E-state index is 0.294. The van der Waals surface area contributed by atoms with Crippen molar-refractivity contribution in [1.29, 1.82) is 0 Å². The highest BCUT2D eigenvalue weighted by Crippen LogP contribution is 2.11. The van der Waals surface area contributed by atoms with E-state index in [0.717, 1.165) is 0 Å². The molecule has 0 radical (unpaired) electrons. The fourth-order valence-electron chi connectivity index (χ4n) is 1.61. The molecule has 126 valence electrons. The van der Waals surface area contributed by atoms with Crippen molar-refractivity contribution in [3.05, 3.63) is 12.2 Å². The standard InChI is InChI=1S/C15H25NO6/c1-10(12(17)20-5)8-7-9-11(13(18)21-6)16-14(19)22-15(2,3)4/h11H,1,7-9H2,2-6H3,(H,16,19)/t11-/m1/s1. The van der Waals surface area contributed by atoms with Gasteiger partial charge in [0.2, 0.25) is 0 Å². The lowest BCUT2D eigenvalue weighted by molar-refractivity contribution is -0.143. The van der Waals surface area contributed by atoms with E-state index in [1.165, 1.54) is 14.2 Å². The Hall–Kier alpha value is -2.05. The smallest absolute Gasteiger partial charge is 0.408 e. The Morgan fingerprint density at radius 1 is 1.14 bits per heavy atom. The number of ether oxygens (including phenoxy) is 3. The first kappa shape index (κ1) is 19.9. The molecule has 0 heterocycles. The summed E-state index contributed by atoms with van der Waals surface area (Å²) in [5, 5.41) is 2.46. The molecule has 0 aliphatic carbocycles. The number of amides is 1. The number of nitrogens with one attached hydrogen (secondary N) is 1. The number of hydrogen-bond donors (Lipinski definition) is 1. The lowest BCUT2D eigenvalue weighted by Crippen LogP contribution is -2.44. The average molecular weight is 315 g/mol. The van der Waals surface area contributed by atoms with Gasteiger partial charge in [-0.05, 0) is 40.0 Å². The van der Waals surface area contributed by atoms with Crippen LogP contribution in [0.25, 0.3) is 0 Å². The fourth-order valence-corrected chi connectivity index (χ4v) is 1.61. The summed E-state index contributed by atoms with van der Waals surface area (Å²) in [6.07, 6.45) is 0.413. The zero-order valence-corrected chi connectivity index (χ0v) is 13.9. The summed E-state index contributed by atoms with van der Waals surface area (Å²) < 4.78 is 14.3. The number of alkyl carbamates (subject to hydrolysis) is 1. The van der Waals surface area contributed by atoms with Crippen LogP contribution in [0.15, 0.2) is 12.2 Å². The van der Waals surface area contributed by atoms with Crippen LogP contribution in [0.4, 0.5) is 4.79 Å². The van der Waals surface area contributed by atoms with E-state index in [1.54, 1.807) is 20.8 Å². The van der Waals surface area contributed by atoms with Crippen molar-refractivity contribution in [1.82, 2.24) is 5.32 Å². The molecule has 7 heteroatoms. The highest BCUT2D eigenvalue weighted by Gasteiger charge is 2.24. The Morgan fingerprint density at radius 3 is 2.18 bits per heavy atom. The summed E-state index contributed by atoms with van der Waals surface area (Å²) in [4.78, 5) is 34.6. The second-order valence-electron chi connectivity index (χ2n) is 5.71. The molecule has 0 spiro atoms. The minimum atomic E-state index is -0.842. The molecule has 0 aliphatic heterocycles. The van der Waals surface area contributed by atoms with Gasteiger partial charge in [-0.3, -0.25) is 0 Å². The number of esters is 2. The zero-order chi connectivity index (χ0) is 17.3. The van der Waals surface area contributed by atoms with E-state index < -0.39 is 29.7 Å². The minimum Gasteiger partial charge on any atom is -0.467 e. The first-order valence-corrected chi connectivity index (χ1v) is 6.94. The van der Waals surface area contributed by atoms with Gasteiger partial charge in [-0.15, -0.1) is 0 Å². The van der Waals surface area contributed by atoms with Gasteiger partial charge in [0, 0.05) is 5.57 Å². The van der Waals surface area contributed by atoms with Crippen molar-refractivity contribution in [2.45, 2.75) is 51.7 Å². The van der Waals surface area contributed by atoms with Crippen LogP contribution in [0, 0.1) is 0 Å². The molecule has 1 atom stereocenters. The summed E-state index contributed by atoms with van der Waals surface area (Å²) >= 11 is 0. The van der Waals surface area contributed by atoms with Gasteiger partial charge in [0.25, 0.3) is 0 Å². The molecule has 0 rings (SSSR count). The van der Waals surface area contributed by atoms with Gasteiger partial charge in [0.15, 0.2) is 0 Å². The van der Waals surface area contributed by atoms with Crippen LogP contribution in [0.1, 0.15) is 40.0 Å².